The predicted octanol–water partition coefficient (Wildman–Crippen LogP) is 5.61. The number of nitrogens with one attached hydrogen (secondary N) is 2. The molecule has 4 rings (SSSR count). The van der Waals surface area contributed by atoms with Gasteiger partial charge in [0.2, 0.25) is 0 Å². The topological polar surface area (TPSA) is 91.7 Å². The van der Waals surface area contributed by atoms with E-state index in [1.807, 2.05) is 31.3 Å². The Bertz CT molecular complexity index is 1480. The first-order valence-corrected chi connectivity index (χ1v) is 14.2. The number of fused-ring (bicyclic) bond motifs is 1. The number of hydrogen-bond donors (Lipinski definition) is 2. The quantitative estimate of drug-likeness (QED) is 0.234. The molecular weight excluding hydrogens is 610 g/mol. The number of aryl methyl sites for hydroxylation is 1. The van der Waals surface area contributed by atoms with E-state index in [0.717, 1.165) is 14.5 Å². The van der Waals surface area contributed by atoms with Crippen LogP contribution in [0, 0.1) is 6.92 Å². The summed E-state index contributed by atoms with van der Waals surface area (Å²) in [5.74, 6) is -0.0943. The van der Waals surface area contributed by atoms with Crippen LogP contribution in [-0.4, -0.2) is 34.5 Å². The minimum atomic E-state index is -3.90. The number of benzene rings is 3. The van der Waals surface area contributed by atoms with Crippen LogP contribution in [0.5, 0.6) is 0 Å². The van der Waals surface area contributed by atoms with Crippen molar-refractivity contribution in [2.75, 3.05) is 24.4 Å². The van der Waals surface area contributed by atoms with Crippen molar-refractivity contribution in [2.45, 2.75) is 18.4 Å². The van der Waals surface area contributed by atoms with Gasteiger partial charge in [-0.2, -0.15) is 0 Å². The van der Waals surface area contributed by atoms with E-state index in [1.54, 1.807) is 49.4 Å². The molecule has 4 aromatic rings. The van der Waals surface area contributed by atoms with E-state index in [0.29, 0.717) is 35.3 Å². The van der Waals surface area contributed by atoms with Crippen molar-refractivity contribution in [2.24, 2.45) is 0 Å². The van der Waals surface area contributed by atoms with Crippen LogP contribution >= 0.6 is 31.9 Å². The molecule has 1 heterocycles. The SMILES string of the molecule is CNCCNC(=O)c1oc2ccc(N(Cc3ccc(Br)cc3)S(=O)(=O)c3ccc(Br)cc3)cc2c1C. The zero-order valence-electron chi connectivity index (χ0n) is 19.7. The smallest absolute Gasteiger partial charge is 0.287 e. The van der Waals surface area contributed by atoms with Crippen molar-refractivity contribution < 1.29 is 17.6 Å². The molecule has 36 heavy (non-hydrogen) atoms. The Morgan fingerprint density at radius 1 is 0.944 bits per heavy atom. The number of nitrogens with zero attached hydrogens (tertiary/aromatic N) is 1. The number of likely N-dealkylation sites (N-methyl/N-ethyl adjacent to an activating group) is 1. The normalized spacial score (nSPS) is 11.6. The summed E-state index contributed by atoms with van der Waals surface area (Å²) in [6.45, 7) is 3.02. The van der Waals surface area contributed by atoms with Gasteiger partial charge in [0.15, 0.2) is 5.76 Å². The van der Waals surface area contributed by atoms with Crippen molar-refractivity contribution in [3.63, 3.8) is 0 Å². The largest absolute Gasteiger partial charge is 0.451 e. The molecule has 7 nitrogen and oxygen atoms in total. The van der Waals surface area contributed by atoms with Crippen LogP contribution < -0.4 is 14.9 Å². The zero-order valence-corrected chi connectivity index (χ0v) is 23.7. The van der Waals surface area contributed by atoms with Crippen LogP contribution in [0.25, 0.3) is 11.0 Å². The molecule has 1 amide bonds. The molecule has 0 unspecified atom stereocenters. The molecule has 0 bridgehead atoms. The highest BCUT2D eigenvalue weighted by atomic mass is 79.9. The lowest BCUT2D eigenvalue weighted by atomic mass is 10.1. The molecule has 0 spiro atoms. The molecule has 0 saturated carbocycles. The first kappa shape index (κ1) is 26.4. The summed E-state index contributed by atoms with van der Waals surface area (Å²) in [7, 11) is -2.09. The van der Waals surface area contributed by atoms with Gasteiger partial charge in [0.05, 0.1) is 17.1 Å². The van der Waals surface area contributed by atoms with E-state index in [2.05, 4.69) is 42.5 Å². The van der Waals surface area contributed by atoms with Gasteiger partial charge in [0.25, 0.3) is 15.9 Å². The van der Waals surface area contributed by atoms with Crippen LogP contribution in [0.2, 0.25) is 0 Å². The molecule has 0 aliphatic rings. The minimum absolute atomic E-state index is 0.130. The second-order valence-electron chi connectivity index (χ2n) is 8.19. The first-order valence-electron chi connectivity index (χ1n) is 11.2. The lowest BCUT2D eigenvalue weighted by molar-refractivity contribution is 0.0927. The Morgan fingerprint density at radius 3 is 2.22 bits per heavy atom. The summed E-state index contributed by atoms with van der Waals surface area (Å²) < 4.78 is 36.5. The van der Waals surface area contributed by atoms with Crippen molar-refractivity contribution >= 4 is 64.4 Å². The van der Waals surface area contributed by atoms with E-state index >= 15 is 0 Å². The maximum absolute atomic E-state index is 13.8. The van der Waals surface area contributed by atoms with Crippen LogP contribution in [-0.2, 0) is 16.6 Å². The molecule has 0 atom stereocenters. The summed E-state index contributed by atoms with van der Waals surface area (Å²) >= 11 is 6.79. The molecule has 0 saturated heterocycles. The lowest BCUT2D eigenvalue weighted by Gasteiger charge is -2.25. The number of anilines is 1. The molecule has 1 aromatic heterocycles. The van der Waals surface area contributed by atoms with Crippen LogP contribution in [0.3, 0.4) is 0 Å². The maximum Gasteiger partial charge on any atom is 0.287 e. The molecule has 0 aliphatic carbocycles. The van der Waals surface area contributed by atoms with Crippen LogP contribution in [0.15, 0.2) is 85.0 Å². The van der Waals surface area contributed by atoms with Gasteiger partial charge in [-0.3, -0.25) is 9.10 Å². The van der Waals surface area contributed by atoms with E-state index in [1.165, 1.54) is 4.31 Å². The fraction of sp³-hybridized carbons (Fsp3) is 0.192. The van der Waals surface area contributed by atoms with E-state index < -0.39 is 10.0 Å². The van der Waals surface area contributed by atoms with Crippen molar-refractivity contribution in [1.29, 1.82) is 0 Å². The molecule has 3 aromatic carbocycles. The predicted molar refractivity (Wildman–Crippen MR) is 149 cm³/mol. The number of rotatable bonds is 9. The van der Waals surface area contributed by atoms with Gasteiger partial charge in [0.1, 0.15) is 5.58 Å². The van der Waals surface area contributed by atoms with Gasteiger partial charge in [-0.25, -0.2) is 8.42 Å². The highest BCUT2D eigenvalue weighted by molar-refractivity contribution is 9.10. The van der Waals surface area contributed by atoms with E-state index in [9.17, 15) is 13.2 Å². The number of hydrogen-bond acceptors (Lipinski definition) is 5. The lowest BCUT2D eigenvalue weighted by Crippen LogP contribution is -2.30. The monoisotopic (exact) mass is 633 g/mol. The first-order chi connectivity index (χ1) is 17.2. The highest BCUT2D eigenvalue weighted by Gasteiger charge is 2.27. The zero-order chi connectivity index (χ0) is 25.9. The second-order valence-corrected chi connectivity index (χ2v) is 11.9. The fourth-order valence-corrected chi connectivity index (χ4v) is 5.74. The van der Waals surface area contributed by atoms with E-state index in [4.69, 9.17) is 4.42 Å². The average molecular weight is 635 g/mol. The van der Waals surface area contributed by atoms with Gasteiger partial charge >= 0.3 is 0 Å². The van der Waals surface area contributed by atoms with Crippen LogP contribution in [0.1, 0.15) is 21.7 Å². The Hall–Kier alpha value is -2.66. The minimum Gasteiger partial charge on any atom is -0.451 e. The number of carbonyl (C=O) groups is 1. The third-order valence-corrected chi connectivity index (χ3v) is 8.56. The summed E-state index contributed by atoms with van der Waals surface area (Å²) in [5.41, 5.74) is 2.46. The fourth-order valence-electron chi connectivity index (χ4n) is 3.77. The number of sulfonamides is 1. The molecule has 188 valence electrons. The number of halogens is 2. The molecule has 0 aliphatic heterocycles. The standard InChI is InChI=1S/C26H25Br2N3O4S/c1-17-23-15-21(9-12-24(23)35-25(17)26(32)30-14-13-29-2)31(16-18-3-5-19(27)6-4-18)36(33,34)22-10-7-20(28)8-11-22/h3-12,15,29H,13-14,16H2,1-2H3,(H,30,32). The Kier molecular flexibility index (Phi) is 8.19. The van der Waals surface area contributed by atoms with Crippen molar-refractivity contribution in [3.8, 4) is 0 Å². The molecule has 2 N–H and O–H groups in total. The van der Waals surface area contributed by atoms with Gasteiger partial charge in [-0.1, -0.05) is 44.0 Å². The summed E-state index contributed by atoms with van der Waals surface area (Å²) in [6, 6.07) is 19.2. The number of carbonyl (C=O) groups excluding carboxylic acids is 1. The Labute approximate surface area is 227 Å². The molecule has 10 heteroatoms. The summed E-state index contributed by atoms with van der Waals surface area (Å²) in [4.78, 5) is 12.8. The Morgan fingerprint density at radius 2 is 1.58 bits per heavy atom. The van der Waals surface area contributed by atoms with Gasteiger partial charge in [-0.05, 0) is 74.1 Å². The third-order valence-electron chi connectivity index (χ3n) is 5.72. The summed E-state index contributed by atoms with van der Waals surface area (Å²) in [5, 5.41) is 6.47. The Balaban J connectivity index is 1.77. The number of amides is 1. The maximum atomic E-state index is 13.8. The molecule has 0 fully saturated rings. The van der Waals surface area contributed by atoms with Gasteiger partial charge < -0.3 is 15.1 Å². The summed E-state index contributed by atoms with van der Waals surface area (Å²) in [6.07, 6.45) is 0. The highest BCUT2D eigenvalue weighted by Crippen LogP contribution is 2.33. The molecular formula is C26H25Br2N3O4S. The van der Waals surface area contributed by atoms with Gasteiger partial charge in [0, 0.05) is 33.0 Å². The third kappa shape index (κ3) is 5.67. The van der Waals surface area contributed by atoms with Crippen molar-refractivity contribution in [3.05, 3.63) is 92.6 Å². The van der Waals surface area contributed by atoms with Gasteiger partial charge in [-0.15, -0.1) is 0 Å². The number of furan rings is 1. The second kappa shape index (κ2) is 11.2. The van der Waals surface area contributed by atoms with Crippen LogP contribution in [0.4, 0.5) is 5.69 Å². The molecule has 0 radical (unpaired) electrons. The van der Waals surface area contributed by atoms with E-state index in [-0.39, 0.29) is 23.1 Å². The van der Waals surface area contributed by atoms with Crippen molar-refractivity contribution in [1.82, 2.24) is 10.6 Å². The average Bonchev–Trinajstić information content (AvgIpc) is 3.19.